The molecule has 4 nitrogen and oxygen atoms in total. The highest BCUT2D eigenvalue weighted by Crippen LogP contribution is 2.36. The van der Waals surface area contributed by atoms with Crippen LogP contribution in [0, 0.1) is 0 Å². The topological polar surface area (TPSA) is 43.8 Å². The van der Waals surface area contributed by atoms with E-state index in [2.05, 4.69) is 11.8 Å². The van der Waals surface area contributed by atoms with Crippen molar-refractivity contribution in [3.63, 3.8) is 0 Å². The number of hydrogen-bond donors (Lipinski definition) is 1. The first-order valence-electron chi connectivity index (χ1n) is 6.74. The van der Waals surface area contributed by atoms with Gasteiger partial charge in [-0.3, -0.25) is 4.79 Å². The molecule has 0 aromatic carbocycles. The number of carbonyl (C=O) groups excluding carboxylic acids is 1. The van der Waals surface area contributed by atoms with Gasteiger partial charge in [0.05, 0.1) is 12.0 Å². The first kappa shape index (κ1) is 12.4. The molecule has 0 unspecified atom stereocenters. The van der Waals surface area contributed by atoms with Crippen molar-refractivity contribution in [1.82, 2.24) is 9.80 Å². The maximum atomic E-state index is 12.5. The largest absolute Gasteiger partial charge is 0.393 e. The molecule has 1 aliphatic carbocycles. The summed E-state index contributed by atoms with van der Waals surface area (Å²) < 4.78 is 0. The Balaban J connectivity index is 1.69. The monoisotopic (exact) mass is 268 g/mol. The maximum Gasteiger partial charge on any atom is 0.270 e. The van der Waals surface area contributed by atoms with Crippen molar-refractivity contribution in [2.45, 2.75) is 50.8 Å². The molecule has 1 saturated carbocycles. The third kappa shape index (κ3) is 2.03. The van der Waals surface area contributed by atoms with Crippen molar-refractivity contribution in [3.05, 3.63) is 11.1 Å². The molecule has 1 amide bonds. The zero-order chi connectivity index (χ0) is 12.7. The molecule has 2 heterocycles. The molecule has 1 N–H and O–H groups in total. The molecule has 18 heavy (non-hydrogen) atoms. The second-order valence-electron chi connectivity index (χ2n) is 5.54. The van der Waals surface area contributed by atoms with E-state index in [-0.39, 0.29) is 12.0 Å². The molecule has 3 rings (SSSR count). The van der Waals surface area contributed by atoms with Crippen molar-refractivity contribution in [2.24, 2.45) is 0 Å². The molecule has 3 aliphatic rings. The van der Waals surface area contributed by atoms with Crippen LogP contribution in [0.4, 0.5) is 0 Å². The van der Waals surface area contributed by atoms with Crippen molar-refractivity contribution >= 4 is 17.7 Å². The molecule has 2 fully saturated rings. The fraction of sp³-hybridized carbons (Fsp3) is 0.769. The highest BCUT2D eigenvalue weighted by Gasteiger charge is 2.39. The molecule has 0 bridgehead atoms. The normalized spacial score (nSPS) is 35.7. The number of nitrogens with zero attached hydrogens (tertiary/aromatic N) is 2. The standard InChI is InChI=1S/C13H20N2O2S/c1-9-3-2-4-14(9)13(17)12-7-18-8-15(12)10-5-11(16)6-10/h7,9-11,16H,2-6,8H2,1H3/t9-,10?,11?/m0/s1. The van der Waals surface area contributed by atoms with Gasteiger partial charge >= 0.3 is 0 Å². The van der Waals surface area contributed by atoms with Gasteiger partial charge in [0.2, 0.25) is 0 Å². The molecule has 0 radical (unpaired) electrons. The van der Waals surface area contributed by atoms with E-state index in [9.17, 15) is 9.90 Å². The molecule has 0 aromatic heterocycles. The Kier molecular flexibility index (Phi) is 3.28. The lowest BCUT2D eigenvalue weighted by Crippen LogP contribution is -2.48. The number of aliphatic hydroxyl groups excluding tert-OH is 1. The van der Waals surface area contributed by atoms with Gasteiger partial charge in [-0.15, -0.1) is 11.8 Å². The molecular weight excluding hydrogens is 248 g/mol. The van der Waals surface area contributed by atoms with E-state index >= 15 is 0 Å². The van der Waals surface area contributed by atoms with Crippen LogP contribution in [0.1, 0.15) is 32.6 Å². The minimum atomic E-state index is -0.164. The third-order valence-electron chi connectivity index (χ3n) is 4.28. The summed E-state index contributed by atoms with van der Waals surface area (Å²) >= 11 is 1.69. The van der Waals surface area contributed by atoms with E-state index < -0.39 is 0 Å². The number of amides is 1. The first-order chi connectivity index (χ1) is 8.66. The summed E-state index contributed by atoms with van der Waals surface area (Å²) in [4.78, 5) is 16.7. The van der Waals surface area contributed by atoms with Gasteiger partial charge < -0.3 is 14.9 Å². The van der Waals surface area contributed by atoms with Gasteiger partial charge in [0.1, 0.15) is 5.70 Å². The molecule has 2 aliphatic heterocycles. The van der Waals surface area contributed by atoms with Gasteiger partial charge in [0.25, 0.3) is 5.91 Å². The summed E-state index contributed by atoms with van der Waals surface area (Å²) in [6, 6.07) is 0.737. The summed E-state index contributed by atoms with van der Waals surface area (Å²) in [6.45, 7) is 3.02. The maximum absolute atomic E-state index is 12.5. The minimum absolute atomic E-state index is 0.164. The number of carbonyl (C=O) groups is 1. The Morgan fingerprint density at radius 1 is 1.50 bits per heavy atom. The molecule has 0 spiro atoms. The fourth-order valence-corrected chi connectivity index (χ4v) is 3.98. The highest BCUT2D eigenvalue weighted by molar-refractivity contribution is 8.02. The summed E-state index contributed by atoms with van der Waals surface area (Å²) in [5.41, 5.74) is 0.852. The number of aliphatic hydroxyl groups is 1. The summed E-state index contributed by atoms with van der Waals surface area (Å²) in [6.07, 6.45) is 3.69. The average Bonchev–Trinajstić information content (AvgIpc) is 2.92. The van der Waals surface area contributed by atoms with Crippen molar-refractivity contribution in [3.8, 4) is 0 Å². The van der Waals surface area contributed by atoms with Crippen LogP contribution in [0.5, 0.6) is 0 Å². The third-order valence-corrected chi connectivity index (χ3v) is 5.10. The Morgan fingerprint density at radius 2 is 2.28 bits per heavy atom. The number of rotatable bonds is 2. The van der Waals surface area contributed by atoms with E-state index in [0.29, 0.717) is 12.1 Å². The van der Waals surface area contributed by atoms with Crippen LogP contribution in [0.2, 0.25) is 0 Å². The van der Waals surface area contributed by atoms with Gasteiger partial charge in [0, 0.05) is 24.0 Å². The van der Waals surface area contributed by atoms with Crippen LogP contribution in [-0.2, 0) is 4.79 Å². The van der Waals surface area contributed by atoms with Crippen LogP contribution in [0.3, 0.4) is 0 Å². The quantitative estimate of drug-likeness (QED) is 0.821. The molecule has 5 heteroatoms. The van der Waals surface area contributed by atoms with Gasteiger partial charge in [-0.25, -0.2) is 0 Å². The minimum Gasteiger partial charge on any atom is -0.393 e. The number of likely N-dealkylation sites (tertiary alicyclic amines) is 1. The van der Waals surface area contributed by atoms with Crippen LogP contribution in [0.15, 0.2) is 11.1 Å². The SMILES string of the molecule is C[C@H]1CCCN1C(=O)C1=CSCN1C1CC(O)C1. The zero-order valence-electron chi connectivity index (χ0n) is 10.7. The lowest BCUT2D eigenvalue weighted by Gasteiger charge is -2.41. The van der Waals surface area contributed by atoms with Crippen molar-refractivity contribution < 1.29 is 9.90 Å². The average molecular weight is 268 g/mol. The molecule has 1 atom stereocenters. The fourth-order valence-electron chi connectivity index (χ4n) is 3.00. The molecule has 100 valence electrons. The molecule has 1 saturated heterocycles. The van der Waals surface area contributed by atoms with E-state index in [1.165, 1.54) is 0 Å². The van der Waals surface area contributed by atoms with Gasteiger partial charge in [-0.05, 0) is 32.6 Å². The smallest absolute Gasteiger partial charge is 0.270 e. The zero-order valence-corrected chi connectivity index (χ0v) is 11.5. The second kappa shape index (κ2) is 4.78. The van der Waals surface area contributed by atoms with E-state index in [0.717, 1.165) is 43.8 Å². The number of hydrogen-bond acceptors (Lipinski definition) is 4. The van der Waals surface area contributed by atoms with E-state index in [4.69, 9.17) is 0 Å². The summed E-state index contributed by atoms with van der Waals surface area (Å²) in [7, 11) is 0. The Hall–Kier alpha value is -0.680. The number of thioether (sulfide) groups is 1. The van der Waals surface area contributed by atoms with Crippen LogP contribution in [0.25, 0.3) is 0 Å². The van der Waals surface area contributed by atoms with Gasteiger partial charge in [-0.2, -0.15) is 0 Å². The van der Waals surface area contributed by atoms with E-state index in [1.54, 1.807) is 11.8 Å². The second-order valence-corrected chi connectivity index (χ2v) is 6.36. The van der Waals surface area contributed by atoms with Crippen molar-refractivity contribution in [2.75, 3.05) is 12.4 Å². The predicted octanol–water partition coefficient (Wildman–Crippen LogP) is 1.37. The Bertz CT molecular complexity index is 379. The van der Waals surface area contributed by atoms with E-state index in [1.807, 2.05) is 10.3 Å². The molecule has 0 aromatic rings. The Morgan fingerprint density at radius 3 is 2.89 bits per heavy atom. The van der Waals surface area contributed by atoms with Crippen LogP contribution in [-0.4, -0.2) is 51.4 Å². The van der Waals surface area contributed by atoms with Gasteiger partial charge in [-0.1, -0.05) is 0 Å². The lowest BCUT2D eigenvalue weighted by atomic mass is 9.88. The predicted molar refractivity (Wildman–Crippen MR) is 71.8 cm³/mol. The van der Waals surface area contributed by atoms with Crippen LogP contribution < -0.4 is 0 Å². The summed E-state index contributed by atoms with van der Waals surface area (Å²) in [5.74, 6) is 1.05. The first-order valence-corrected chi connectivity index (χ1v) is 7.79. The van der Waals surface area contributed by atoms with Gasteiger partial charge in [0.15, 0.2) is 0 Å². The van der Waals surface area contributed by atoms with Crippen molar-refractivity contribution in [1.29, 1.82) is 0 Å². The lowest BCUT2D eigenvalue weighted by molar-refractivity contribution is -0.130. The van der Waals surface area contributed by atoms with Crippen LogP contribution >= 0.6 is 11.8 Å². The Labute approximate surface area is 112 Å². The summed E-state index contributed by atoms with van der Waals surface area (Å²) in [5, 5.41) is 11.4. The molecular formula is C13H20N2O2S. The highest BCUT2D eigenvalue weighted by atomic mass is 32.2.